The summed E-state index contributed by atoms with van der Waals surface area (Å²) in [6.45, 7) is 3.86. The van der Waals surface area contributed by atoms with E-state index in [0.717, 1.165) is 11.1 Å². The standard InChI is InChI=1S/C22H26O5/c1-22(2)10-9-18-19(27-22)8-5-14(21(18)24)11-15(13-23)17-7-6-16(25-3)12-20(17)26-4/h5-10,12,15,23-24H,11,13H2,1-4H3. The van der Waals surface area contributed by atoms with E-state index in [9.17, 15) is 10.2 Å². The van der Waals surface area contributed by atoms with Gasteiger partial charge in [0.15, 0.2) is 0 Å². The second-order valence-corrected chi connectivity index (χ2v) is 7.22. The number of hydrogen-bond acceptors (Lipinski definition) is 5. The van der Waals surface area contributed by atoms with Crippen molar-refractivity contribution in [3.05, 3.63) is 53.1 Å². The van der Waals surface area contributed by atoms with E-state index < -0.39 is 5.60 Å². The van der Waals surface area contributed by atoms with Crippen molar-refractivity contribution in [1.29, 1.82) is 0 Å². The lowest BCUT2D eigenvalue weighted by atomic mass is 9.89. The Bertz CT molecular complexity index is 854. The number of phenolic OH excluding ortho intramolecular Hbond substituents is 1. The van der Waals surface area contributed by atoms with Crippen molar-refractivity contribution in [2.24, 2.45) is 0 Å². The molecule has 0 saturated carbocycles. The van der Waals surface area contributed by atoms with Crippen molar-refractivity contribution in [1.82, 2.24) is 0 Å². The van der Waals surface area contributed by atoms with Crippen molar-refractivity contribution >= 4 is 6.08 Å². The summed E-state index contributed by atoms with van der Waals surface area (Å²) >= 11 is 0. The van der Waals surface area contributed by atoms with Gasteiger partial charge in [0.2, 0.25) is 0 Å². The summed E-state index contributed by atoms with van der Waals surface area (Å²) < 4.78 is 16.6. The molecule has 0 aromatic heterocycles. The zero-order valence-electron chi connectivity index (χ0n) is 16.2. The van der Waals surface area contributed by atoms with Gasteiger partial charge in [-0.1, -0.05) is 12.1 Å². The van der Waals surface area contributed by atoms with Gasteiger partial charge in [0, 0.05) is 17.5 Å². The third kappa shape index (κ3) is 3.88. The number of phenols is 1. The van der Waals surface area contributed by atoms with E-state index in [1.807, 2.05) is 50.3 Å². The smallest absolute Gasteiger partial charge is 0.131 e. The van der Waals surface area contributed by atoms with Gasteiger partial charge in [0.25, 0.3) is 0 Å². The molecule has 27 heavy (non-hydrogen) atoms. The average Bonchev–Trinajstić information content (AvgIpc) is 2.66. The Morgan fingerprint density at radius 3 is 2.56 bits per heavy atom. The van der Waals surface area contributed by atoms with Crippen LogP contribution < -0.4 is 14.2 Å². The first-order chi connectivity index (χ1) is 12.9. The quantitative estimate of drug-likeness (QED) is 0.807. The van der Waals surface area contributed by atoms with Gasteiger partial charge in [-0.25, -0.2) is 0 Å². The van der Waals surface area contributed by atoms with Gasteiger partial charge in [-0.05, 0) is 50.1 Å². The molecule has 0 bridgehead atoms. The molecule has 1 atom stereocenters. The number of methoxy groups -OCH3 is 2. The average molecular weight is 370 g/mol. The van der Waals surface area contributed by atoms with E-state index in [1.54, 1.807) is 20.3 Å². The molecule has 1 unspecified atom stereocenters. The van der Waals surface area contributed by atoms with Crippen molar-refractivity contribution in [2.45, 2.75) is 31.8 Å². The van der Waals surface area contributed by atoms with Crippen LogP contribution >= 0.6 is 0 Å². The van der Waals surface area contributed by atoms with Gasteiger partial charge >= 0.3 is 0 Å². The van der Waals surface area contributed by atoms with E-state index in [0.29, 0.717) is 29.2 Å². The summed E-state index contributed by atoms with van der Waals surface area (Å²) in [4.78, 5) is 0. The minimum absolute atomic E-state index is 0.0708. The molecule has 0 fully saturated rings. The number of benzene rings is 2. The Morgan fingerprint density at radius 2 is 1.89 bits per heavy atom. The van der Waals surface area contributed by atoms with Crippen molar-refractivity contribution < 1.29 is 24.4 Å². The number of rotatable bonds is 6. The second kappa shape index (κ2) is 7.53. The fourth-order valence-electron chi connectivity index (χ4n) is 3.34. The number of fused-ring (bicyclic) bond motifs is 1. The molecule has 0 amide bonds. The molecule has 5 nitrogen and oxygen atoms in total. The Hall–Kier alpha value is -2.66. The van der Waals surface area contributed by atoms with Crippen molar-refractivity contribution in [3.63, 3.8) is 0 Å². The number of aliphatic hydroxyl groups is 1. The fraction of sp³-hybridized carbons (Fsp3) is 0.364. The Labute approximate surface area is 159 Å². The molecular weight excluding hydrogens is 344 g/mol. The minimum Gasteiger partial charge on any atom is -0.507 e. The molecule has 1 heterocycles. The van der Waals surface area contributed by atoms with Crippen LogP contribution in [0.4, 0.5) is 0 Å². The number of ether oxygens (including phenoxy) is 3. The van der Waals surface area contributed by atoms with Gasteiger partial charge in [-0.2, -0.15) is 0 Å². The monoisotopic (exact) mass is 370 g/mol. The number of aliphatic hydroxyl groups excluding tert-OH is 1. The molecule has 144 valence electrons. The summed E-state index contributed by atoms with van der Waals surface area (Å²) in [5.41, 5.74) is 1.89. The molecule has 0 saturated heterocycles. The Balaban J connectivity index is 1.92. The van der Waals surface area contributed by atoms with Crippen LogP contribution in [0.25, 0.3) is 6.08 Å². The highest BCUT2D eigenvalue weighted by Crippen LogP contribution is 2.40. The predicted molar refractivity (Wildman–Crippen MR) is 105 cm³/mol. The maximum atomic E-state index is 10.7. The highest BCUT2D eigenvalue weighted by molar-refractivity contribution is 5.68. The number of hydrogen-bond donors (Lipinski definition) is 2. The SMILES string of the molecule is COc1ccc(C(CO)Cc2ccc3c(c2O)C=CC(C)(C)O3)c(OC)c1. The maximum absolute atomic E-state index is 10.7. The lowest BCUT2D eigenvalue weighted by molar-refractivity contribution is 0.158. The van der Waals surface area contributed by atoms with Crippen LogP contribution in [0.2, 0.25) is 0 Å². The van der Waals surface area contributed by atoms with Crippen LogP contribution in [-0.4, -0.2) is 36.6 Å². The predicted octanol–water partition coefficient (Wildman–Crippen LogP) is 3.91. The van der Waals surface area contributed by atoms with Crippen molar-refractivity contribution in [3.8, 4) is 23.0 Å². The molecule has 3 rings (SSSR count). The minimum atomic E-state index is -0.398. The summed E-state index contributed by atoms with van der Waals surface area (Å²) in [6, 6.07) is 9.24. The first-order valence-corrected chi connectivity index (χ1v) is 8.94. The van der Waals surface area contributed by atoms with Crippen LogP contribution in [0.15, 0.2) is 36.4 Å². The zero-order valence-corrected chi connectivity index (χ0v) is 16.2. The lowest BCUT2D eigenvalue weighted by Crippen LogP contribution is -2.27. The normalized spacial score (nSPS) is 15.6. The highest BCUT2D eigenvalue weighted by atomic mass is 16.5. The first kappa shape index (κ1) is 19.1. The van der Waals surface area contributed by atoms with Crippen LogP contribution in [0.1, 0.15) is 36.5 Å². The van der Waals surface area contributed by atoms with Gasteiger partial charge < -0.3 is 24.4 Å². The van der Waals surface area contributed by atoms with Gasteiger partial charge in [-0.15, -0.1) is 0 Å². The second-order valence-electron chi connectivity index (χ2n) is 7.22. The van der Waals surface area contributed by atoms with Crippen LogP contribution in [0.3, 0.4) is 0 Å². The van der Waals surface area contributed by atoms with Gasteiger partial charge in [0.1, 0.15) is 28.6 Å². The van der Waals surface area contributed by atoms with Crippen molar-refractivity contribution in [2.75, 3.05) is 20.8 Å². The molecule has 1 aliphatic heterocycles. The first-order valence-electron chi connectivity index (χ1n) is 8.94. The maximum Gasteiger partial charge on any atom is 0.131 e. The summed E-state index contributed by atoms with van der Waals surface area (Å²) in [6.07, 6.45) is 4.28. The Kier molecular flexibility index (Phi) is 5.33. The molecule has 5 heteroatoms. The highest BCUT2D eigenvalue weighted by Gasteiger charge is 2.25. The number of aromatic hydroxyl groups is 1. The third-order valence-corrected chi connectivity index (χ3v) is 4.85. The summed E-state index contributed by atoms with van der Waals surface area (Å²) in [5.74, 6) is 1.96. The molecule has 2 aromatic rings. The Morgan fingerprint density at radius 1 is 1.11 bits per heavy atom. The molecular formula is C22H26O5. The van der Waals surface area contributed by atoms with E-state index >= 15 is 0 Å². The third-order valence-electron chi connectivity index (χ3n) is 4.85. The van der Waals surface area contributed by atoms with E-state index in [2.05, 4.69) is 0 Å². The molecule has 2 N–H and O–H groups in total. The summed E-state index contributed by atoms with van der Waals surface area (Å²) in [7, 11) is 3.19. The fourth-order valence-corrected chi connectivity index (χ4v) is 3.34. The van der Waals surface area contributed by atoms with Gasteiger partial charge in [-0.3, -0.25) is 0 Å². The molecule has 1 aliphatic rings. The molecule has 2 aromatic carbocycles. The van der Waals surface area contributed by atoms with E-state index in [1.165, 1.54) is 0 Å². The topological polar surface area (TPSA) is 68.2 Å². The zero-order chi connectivity index (χ0) is 19.6. The van der Waals surface area contributed by atoms with Crippen LogP contribution in [0, 0.1) is 0 Å². The van der Waals surface area contributed by atoms with E-state index in [-0.39, 0.29) is 18.3 Å². The molecule has 0 spiro atoms. The van der Waals surface area contributed by atoms with Crippen LogP contribution in [0.5, 0.6) is 23.0 Å². The molecule has 0 aliphatic carbocycles. The van der Waals surface area contributed by atoms with Gasteiger partial charge in [0.05, 0.1) is 26.4 Å². The summed E-state index contributed by atoms with van der Waals surface area (Å²) in [5, 5.41) is 20.7. The molecule has 0 radical (unpaired) electrons. The van der Waals surface area contributed by atoms with E-state index in [4.69, 9.17) is 14.2 Å². The largest absolute Gasteiger partial charge is 0.507 e. The van der Waals surface area contributed by atoms with Crippen LogP contribution in [-0.2, 0) is 6.42 Å². The lowest BCUT2D eigenvalue weighted by Gasteiger charge is -2.29.